The molecule has 1 heterocycles. The van der Waals surface area contributed by atoms with Crippen LogP contribution in [-0.2, 0) is 9.53 Å². The number of nitrogens with zero attached hydrogens (tertiary/aromatic N) is 1. The van der Waals surface area contributed by atoms with Gasteiger partial charge in [-0.25, -0.2) is 9.78 Å². The maximum Gasteiger partial charge on any atom is 0.382 e. The monoisotopic (exact) mass is 185 g/mol. The Morgan fingerprint density at radius 2 is 2.42 bits per heavy atom. The lowest BCUT2D eigenvalue weighted by molar-refractivity contribution is -0.137. The molecular weight excluding hydrogens is 178 g/mol. The second kappa shape index (κ2) is 3.96. The highest BCUT2D eigenvalue weighted by Gasteiger charge is 2.19. The first-order chi connectivity index (χ1) is 5.75. The molecule has 0 saturated heterocycles. The van der Waals surface area contributed by atoms with E-state index in [1.54, 1.807) is 12.3 Å². The molecule has 5 heteroatoms. The minimum absolute atomic E-state index is 0.174. The van der Waals surface area contributed by atoms with Crippen molar-refractivity contribution in [2.45, 2.75) is 6.92 Å². The summed E-state index contributed by atoms with van der Waals surface area (Å²) in [6.45, 7) is 1.85. The molecule has 1 aromatic heterocycles. The van der Waals surface area contributed by atoms with Crippen molar-refractivity contribution in [3.63, 3.8) is 0 Å². The van der Waals surface area contributed by atoms with E-state index in [1.165, 1.54) is 6.20 Å². The normalized spacial score (nSPS) is 9.42. The van der Waals surface area contributed by atoms with Crippen LogP contribution in [-0.4, -0.2) is 23.3 Å². The van der Waals surface area contributed by atoms with E-state index in [9.17, 15) is 9.59 Å². The predicted octanol–water partition coefficient (Wildman–Crippen LogP) is 0.889. The molecule has 0 atom stereocenters. The summed E-state index contributed by atoms with van der Waals surface area (Å²) in [6, 6.07) is 0. The number of hydrogen-bond donors (Lipinski definition) is 0. The Morgan fingerprint density at radius 3 is 2.92 bits per heavy atom. The van der Waals surface area contributed by atoms with E-state index >= 15 is 0 Å². The summed E-state index contributed by atoms with van der Waals surface area (Å²) in [5.41, 5.74) is 0. The van der Waals surface area contributed by atoms with Crippen LogP contribution in [0.3, 0.4) is 0 Å². The van der Waals surface area contributed by atoms with Gasteiger partial charge in [-0.3, -0.25) is 4.79 Å². The van der Waals surface area contributed by atoms with E-state index in [2.05, 4.69) is 9.72 Å². The molecule has 4 nitrogen and oxygen atoms in total. The van der Waals surface area contributed by atoms with Gasteiger partial charge < -0.3 is 4.74 Å². The van der Waals surface area contributed by atoms with Crippen molar-refractivity contribution in [3.8, 4) is 0 Å². The lowest BCUT2D eigenvalue weighted by Gasteiger charge is -1.96. The standard InChI is InChI=1S/C7H7NO3S/c1-2-11-7(10)5(9)6-8-3-4-12-6/h3-4H,2H2,1H3. The second-order valence-corrected chi connectivity index (χ2v) is 2.78. The van der Waals surface area contributed by atoms with Crippen LogP contribution in [0.1, 0.15) is 16.7 Å². The van der Waals surface area contributed by atoms with Crippen LogP contribution in [0.2, 0.25) is 0 Å². The molecule has 64 valence electrons. The van der Waals surface area contributed by atoms with Crippen molar-refractivity contribution in [3.05, 3.63) is 16.6 Å². The molecule has 0 aliphatic carbocycles. The summed E-state index contributed by atoms with van der Waals surface area (Å²) in [7, 11) is 0. The highest BCUT2D eigenvalue weighted by Crippen LogP contribution is 2.05. The fourth-order valence-electron chi connectivity index (χ4n) is 0.620. The zero-order valence-electron chi connectivity index (χ0n) is 6.44. The van der Waals surface area contributed by atoms with Crippen molar-refractivity contribution in [2.24, 2.45) is 0 Å². The van der Waals surface area contributed by atoms with Gasteiger partial charge in [-0.15, -0.1) is 11.3 Å². The van der Waals surface area contributed by atoms with Gasteiger partial charge in [-0.2, -0.15) is 0 Å². The number of esters is 1. The maximum absolute atomic E-state index is 11.1. The van der Waals surface area contributed by atoms with E-state index < -0.39 is 11.8 Å². The fraction of sp³-hybridized carbons (Fsp3) is 0.286. The molecule has 12 heavy (non-hydrogen) atoms. The first-order valence-electron chi connectivity index (χ1n) is 3.36. The Kier molecular flexibility index (Phi) is 2.93. The molecule has 0 saturated carbocycles. The summed E-state index contributed by atoms with van der Waals surface area (Å²) in [6.07, 6.45) is 1.47. The van der Waals surface area contributed by atoms with Gasteiger partial charge in [-0.1, -0.05) is 0 Å². The molecule has 0 bridgehead atoms. The summed E-state index contributed by atoms with van der Waals surface area (Å²) in [4.78, 5) is 25.6. The van der Waals surface area contributed by atoms with E-state index in [0.717, 1.165) is 11.3 Å². The number of ether oxygens (including phenoxy) is 1. The van der Waals surface area contributed by atoms with Gasteiger partial charge in [0.15, 0.2) is 5.01 Å². The summed E-state index contributed by atoms with van der Waals surface area (Å²) >= 11 is 1.12. The number of hydrogen-bond acceptors (Lipinski definition) is 5. The third-order valence-electron chi connectivity index (χ3n) is 1.09. The molecule has 0 aliphatic rings. The first-order valence-corrected chi connectivity index (χ1v) is 4.24. The number of ketones is 1. The number of carbonyl (C=O) groups excluding carboxylic acids is 2. The summed E-state index contributed by atoms with van der Waals surface area (Å²) in [5.74, 6) is -1.51. The summed E-state index contributed by atoms with van der Waals surface area (Å²) < 4.78 is 4.51. The zero-order valence-corrected chi connectivity index (χ0v) is 7.26. The Labute approximate surface area is 73.2 Å². The molecule has 0 aromatic carbocycles. The van der Waals surface area contributed by atoms with Gasteiger partial charge in [-0.05, 0) is 6.92 Å². The molecule has 1 aromatic rings. The Morgan fingerprint density at radius 1 is 1.67 bits per heavy atom. The van der Waals surface area contributed by atoms with E-state index in [4.69, 9.17) is 0 Å². The van der Waals surface area contributed by atoms with Crippen molar-refractivity contribution < 1.29 is 14.3 Å². The molecule has 0 aliphatic heterocycles. The smallest absolute Gasteiger partial charge is 0.382 e. The van der Waals surface area contributed by atoms with Crippen molar-refractivity contribution >= 4 is 23.1 Å². The largest absolute Gasteiger partial charge is 0.460 e. The van der Waals surface area contributed by atoms with Crippen molar-refractivity contribution in [1.82, 2.24) is 4.98 Å². The molecular formula is C7H7NO3S. The van der Waals surface area contributed by atoms with Crippen LogP contribution in [0.5, 0.6) is 0 Å². The molecule has 1 rings (SSSR count). The number of rotatable bonds is 3. The van der Waals surface area contributed by atoms with Gasteiger partial charge in [0.2, 0.25) is 0 Å². The highest BCUT2D eigenvalue weighted by molar-refractivity contribution is 7.12. The quantitative estimate of drug-likeness (QED) is 0.398. The highest BCUT2D eigenvalue weighted by atomic mass is 32.1. The Hall–Kier alpha value is -1.23. The lowest BCUT2D eigenvalue weighted by Crippen LogP contribution is -2.17. The molecule has 0 amide bonds. The number of aromatic nitrogens is 1. The first kappa shape index (κ1) is 8.86. The third kappa shape index (κ3) is 1.88. The average molecular weight is 185 g/mol. The van der Waals surface area contributed by atoms with Gasteiger partial charge in [0.1, 0.15) is 0 Å². The van der Waals surface area contributed by atoms with Crippen LogP contribution in [0, 0.1) is 0 Å². The molecule has 0 N–H and O–H groups in total. The molecule has 0 radical (unpaired) electrons. The SMILES string of the molecule is CCOC(=O)C(=O)c1nccs1. The maximum atomic E-state index is 11.1. The number of Topliss-reactive ketones (excluding diaryl/α,β-unsaturated/α-hetero) is 1. The minimum Gasteiger partial charge on any atom is -0.460 e. The van der Waals surface area contributed by atoms with E-state index in [-0.39, 0.29) is 11.6 Å². The lowest BCUT2D eigenvalue weighted by atomic mass is 10.4. The van der Waals surface area contributed by atoms with Gasteiger partial charge in [0.05, 0.1) is 6.61 Å². The Balaban J connectivity index is 2.66. The number of thiazole rings is 1. The average Bonchev–Trinajstić information content (AvgIpc) is 2.55. The van der Waals surface area contributed by atoms with Crippen LogP contribution in [0.15, 0.2) is 11.6 Å². The zero-order chi connectivity index (χ0) is 8.97. The molecule has 0 spiro atoms. The van der Waals surface area contributed by atoms with Crippen LogP contribution >= 0.6 is 11.3 Å². The minimum atomic E-state index is -0.840. The fourth-order valence-corrected chi connectivity index (χ4v) is 1.18. The predicted molar refractivity (Wildman–Crippen MR) is 43.1 cm³/mol. The van der Waals surface area contributed by atoms with Crippen LogP contribution in [0.4, 0.5) is 0 Å². The van der Waals surface area contributed by atoms with Crippen molar-refractivity contribution in [1.29, 1.82) is 0 Å². The van der Waals surface area contributed by atoms with Crippen molar-refractivity contribution in [2.75, 3.05) is 6.61 Å². The topological polar surface area (TPSA) is 56.3 Å². The van der Waals surface area contributed by atoms with Gasteiger partial charge in [0.25, 0.3) is 5.78 Å². The molecule has 0 fully saturated rings. The summed E-state index contributed by atoms with van der Waals surface area (Å²) in [5, 5.41) is 1.81. The van der Waals surface area contributed by atoms with E-state index in [1.807, 2.05) is 0 Å². The van der Waals surface area contributed by atoms with Crippen LogP contribution in [0.25, 0.3) is 0 Å². The Bertz CT molecular complexity index is 281. The van der Waals surface area contributed by atoms with Gasteiger partial charge in [0, 0.05) is 11.6 Å². The number of carbonyl (C=O) groups is 2. The second-order valence-electron chi connectivity index (χ2n) is 1.89. The third-order valence-corrected chi connectivity index (χ3v) is 1.86. The molecule has 0 unspecified atom stereocenters. The van der Waals surface area contributed by atoms with Gasteiger partial charge >= 0.3 is 5.97 Å². The van der Waals surface area contributed by atoms with E-state index in [0.29, 0.717) is 0 Å². The van der Waals surface area contributed by atoms with Crippen LogP contribution < -0.4 is 0 Å².